The summed E-state index contributed by atoms with van der Waals surface area (Å²) >= 11 is 0. The number of hydrogen-bond donors (Lipinski definition) is 2. The van der Waals surface area contributed by atoms with Gasteiger partial charge < -0.3 is 15.5 Å². The van der Waals surface area contributed by atoms with E-state index in [1.807, 2.05) is 7.05 Å². The van der Waals surface area contributed by atoms with Crippen molar-refractivity contribution < 1.29 is 0 Å². The van der Waals surface area contributed by atoms with Crippen LogP contribution in [-0.2, 0) is 0 Å². The lowest BCUT2D eigenvalue weighted by atomic mass is 10.0. The van der Waals surface area contributed by atoms with Gasteiger partial charge in [-0.2, -0.15) is 0 Å². The Labute approximate surface area is 130 Å². The average molecular weight is 294 g/mol. The molecule has 0 aromatic rings. The number of hydrogen-bond acceptors (Lipinski definition) is 2. The van der Waals surface area contributed by atoms with Crippen molar-refractivity contribution in [3.05, 3.63) is 0 Å². The zero-order chi connectivity index (χ0) is 14.9. The molecule has 4 heteroatoms. The maximum absolute atomic E-state index is 4.34. The molecule has 0 spiro atoms. The van der Waals surface area contributed by atoms with Gasteiger partial charge in [0.05, 0.1) is 0 Å². The van der Waals surface area contributed by atoms with Crippen LogP contribution in [0.2, 0.25) is 0 Å². The summed E-state index contributed by atoms with van der Waals surface area (Å²) in [6.45, 7) is 8.05. The first kappa shape index (κ1) is 16.6. The molecule has 1 unspecified atom stereocenters. The van der Waals surface area contributed by atoms with E-state index in [9.17, 15) is 0 Å². The van der Waals surface area contributed by atoms with Crippen molar-refractivity contribution in [2.24, 2.45) is 16.8 Å². The van der Waals surface area contributed by atoms with Gasteiger partial charge in [0.15, 0.2) is 5.96 Å². The zero-order valence-electron chi connectivity index (χ0n) is 14.0. The normalized spacial score (nSPS) is 24.7. The summed E-state index contributed by atoms with van der Waals surface area (Å²) in [5, 5.41) is 6.96. The van der Waals surface area contributed by atoms with Crippen molar-refractivity contribution in [1.29, 1.82) is 0 Å². The monoisotopic (exact) mass is 294 g/mol. The van der Waals surface area contributed by atoms with Crippen molar-refractivity contribution in [1.82, 2.24) is 15.5 Å². The fourth-order valence-electron chi connectivity index (χ4n) is 3.72. The lowest BCUT2D eigenvalue weighted by molar-refractivity contribution is 0.341. The van der Waals surface area contributed by atoms with Gasteiger partial charge in [0.2, 0.25) is 0 Å². The van der Waals surface area contributed by atoms with E-state index in [-0.39, 0.29) is 0 Å². The first-order chi connectivity index (χ1) is 10.3. The van der Waals surface area contributed by atoms with Crippen molar-refractivity contribution in [2.75, 3.05) is 39.8 Å². The Kier molecular flexibility index (Phi) is 7.34. The quantitative estimate of drug-likeness (QED) is 0.430. The van der Waals surface area contributed by atoms with Crippen LogP contribution in [0.15, 0.2) is 4.99 Å². The van der Waals surface area contributed by atoms with Gasteiger partial charge in [0, 0.05) is 26.7 Å². The van der Waals surface area contributed by atoms with Gasteiger partial charge in [0.25, 0.3) is 0 Å². The third kappa shape index (κ3) is 5.85. The van der Waals surface area contributed by atoms with Crippen LogP contribution in [0.25, 0.3) is 0 Å². The summed E-state index contributed by atoms with van der Waals surface area (Å²) in [6, 6.07) is 0. The lowest BCUT2D eigenvalue weighted by Crippen LogP contribution is -2.40. The molecule has 21 heavy (non-hydrogen) atoms. The van der Waals surface area contributed by atoms with Crippen LogP contribution < -0.4 is 10.6 Å². The fourth-order valence-corrected chi connectivity index (χ4v) is 3.72. The number of guanidine groups is 1. The van der Waals surface area contributed by atoms with E-state index >= 15 is 0 Å². The Morgan fingerprint density at radius 1 is 1.14 bits per heavy atom. The van der Waals surface area contributed by atoms with Crippen molar-refractivity contribution in [3.63, 3.8) is 0 Å². The predicted molar refractivity (Wildman–Crippen MR) is 90.8 cm³/mol. The number of rotatable bonds is 7. The number of aliphatic imine (C=N–C) groups is 1. The SMILES string of the molecule is CCN1CCC(CNC(=NC)NCCCC2CCCC2)C1. The van der Waals surface area contributed by atoms with Gasteiger partial charge in [-0.3, -0.25) is 4.99 Å². The zero-order valence-corrected chi connectivity index (χ0v) is 14.0. The second-order valence-electron chi connectivity index (χ2n) is 6.72. The highest BCUT2D eigenvalue weighted by atomic mass is 15.2. The molecule has 0 radical (unpaired) electrons. The molecule has 0 aromatic carbocycles. The lowest BCUT2D eigenvalue weighted by Gasteiger charge is -2.16. The van der Waals surface area contributed by atoms with Crippen molar-refractivity contribution in [3.8, 4) is 0 Å². The fraction of sp³-hybridized carbons (Fsp3) is 0.941. The summed E-state index contributed by atoms with van der Waals surface area (Å²) in [4.78, 5) is 6.87. The Hall–Kier alpha value is -0.770. The van der Waals surface area contributed by atoms with Gasteiger partial charge in [-0.05, 0) is 44.2 Å². The first-order valence-electron chi connectivity index (χ1n) is 8.98. The number of nitrogens with one attached hydrogen (secondary N) is 2. The van der Waals surface area contributed by atoms with E-state index in [0.29, 0.717) is 0 Å². The van der Waals surface area contributed by atoms with Gasteiger partial charge >= 0.3 is 0 Å². The molecule has 1 aliphatic heterocycles. The van der Waals surface area contributed by atoms with Crippen LogP contribution in [0.3, 0.4) is 0 Å². The molecular formula is C17H34N4. The molecular weight excluding hydrogens is 260 g/mol. The molecule has 2 aliphatic rings. The molecule has 1 saturated heterocycles. The minimum absolute atomic E-state index is 0.780. The van der Waals surface area contributed by atoms with Crippen LogP contribution >= 0.6 is 0 Å². The molecule has 2 rings (SSSR count). The van der Waals surface area contributed by atoms with Gasteiger partial charge in [0.1, 0.15) is 0 Å². The largest absolute Gasteiger partial charge is 0.356 e. The maximum Gasteiger partial charge on any atom is 0.190 e. The molecule has 1 heterocycles. The summed E-state index contributed by atoms with van der Waals surface area (Å²) in [5.41, 5.74) is 0. The number of likely N-dealkylation sites (tertiary alicyclic amines) is 1. The molecule has 2 N–H and O–H groups in total. The molecule has 0 bridgehead atoms. The van der Waals surface area contributed by atoms with E-state index in [4.69, 9.17) is 0 Å². The third-order valence-corrected chi connectivity index (χ3v) is 5.16. The van der Waals surface area contributed by atoms with Gasteiger partial charge in [-0.25, -0.2) is 0 Å². The standard InChI is InChI=1S/C17H34N4/c1-3-21-12-10-16(14-21)13-20-17(18-2)19-11-6-9-15-7-4-5-8-15/h15-16H,3-14H2,1-2H3,(H2,18,19,20). The van der Waals surface area contributed by atoms with Crippen LogP contribution in [0, 0.1) is 11.8 Å². The van der Waals surface area contributed by atoms with E-state index in [1.165, 1.54) is 64.6 Å². The molecule has 1 saturated carbocycles. The highest BCUT2D eigenvalue weighted by Crippen LogP contribution is 2.28. The molecule has 2 fully saturated rings. The summed E-state index contributed by atoms with van der Waals surface area (Å²) in [5.74, 6) is 2.76. The second kappa shape index (κ2) is 9.29. The minimum atomic E-state index is 0.780. The number of nitrogens with zero attached hydrogens (tertiary/aromatic N) is 2. The van der Waals surface area contributed by atoms with E-state index in [0.717, 1.165) is 30.9 Å². The smallest absolute Gasteiger partial charge is 0.190 e. The average Bonchev–Trinajstić information content (AvgIpc) is 3.17. The minimum Gasteiger partial charge on any atom is -0.356 e. The maximum atomic E-state index is 4.34. The topological polar surface area (TPSA) is 39.7 Å². The Bertz CT molecular complexity index is 310. The summed E-state index contributed by atoms with van der Waals surface area (Å²) < 4.78 is 0. The van der Waals surface area contributed by atoms with Crippen molar-refractivity contribution in [2.45, 2.75) is 51.9 Å². The van der Waals surface area contributed by atoms with Gasteiger partial charge in [-0.15, -0.1) is 0 Å². The highest BCUT2D eigenvalue weighted by Gasteiger charge is 2.21. The third-order valence-electron chi connectivity index (χ3n) is 5.16. The van der Waals surface area contributed by atoms with Crippen LogP contribution in [0.5, 0.6) is 0 Å². The second-order valence-corrected chi connectivity index (χ2v) is 6.72. The molecule has 0 aromatic heterocycles. The molecule has 4 nitrogen and oxygen atoms in total. The van der Waals surface area contributed by atoms with Gasteiger partial charge in [-0.1, -0.05) is 32.6 Å². The van der Waals surface area contributed by atoms with Crippen LogP contribution in [-0.4, -0.2) is 50.6 Å². The summed E-state index contributed by atoms with van der Waals surface area (Å²) in [7, 11) is 1.87. The van der Waals surface area contributed by atoms with Crippen molar-refractivity contribution >= 4 is 5.96 Å². The predicted octanol–water partition coefficient (Wildman–Crippen LogP) is 2.46. The molecule has 0 amide bonds. The Morgan fingerprint density at radius 3 is 2.62 bits per heavy atom. The van der Waals surface area contributed by atoms with Crippen LogP contribution in [0.1, 0.15) is 51.9 Å². The first-order valence-corrected chi connectivity index (χ1v) is 8.98. The molecule has 122 valence electrons. The van der Waals surface area contributed by atoms with E-state index in [2.05, 4.69) is 27.4 Å². The van der Waals surface area contributed by atoms with E-state index < -0.39 is 0 Å². The summed E-state index contributed by atoms with van der Waals surface area (Å²) in [6.07, 6.45) is 9.82. The Balaban J connectivity index is 1.53. The molecule has 1 atom stereocenters. The highest BCUT2D eigenvalue weighted by molar-refractivity contribution is 5.79. The van der Waals surface area contributed by atoms with E-state index in [1.54, 1.807) is 0 Å². The Morgan fingerprint density at radius 2 is 1.95 bits per heavy atom. The van der Waals surface area contributed by atoms with Crippen LogP contribution in [0.4, 0.5) is 0 Å². The molecule has 1 aliphatic carbocycles.